The first-order valence-electron chi connectivity index (χ1n) is 6.50. The Morgan fingerprint density at radius 1 is 1.00 bits per heavy atom. The molecule has 0 aliphatic heterocycles. The summed E-state index contributed by atoms with van der Waals surface area (Å²) in [6.45, 7) is 0.834. The molecule has 23 heavy (non-hydrogen) atoms. The molecule has 0 saturated heterocycles. The minimum atomic E-state index is -1.68. The van der Waals surface area contributed by atoms with Crippen molar-refractivity contribution < 1.29 is 32.5 Å². The number of hydrogen-bond acceptors (Lipinski definition) is 3. The molecule has 1 aromatic rings. The molecule has 0 fully saturated rings. The van der Waals surface area contributed by atoms with Crippen molar-refractivity contribution in [3.8, 4) is 0 Å². The summed E-state index contributed by atoms with van der Waals surface area (Å²) in [6.07, 6.45) is 0. The Labute approximate surface area is 129 Å². The molecule has 0 saturated carbocycles. The van der Waals surface area contributed by atoms with Crippen molar-refractivity contribution in [3.05, 3.63) is 29.6 Å². The summed E-state index contributed by atoms with van der Waals surface area (Å²) in [5.74, 6) is -6.23. The molecule has 7 nitrogen and oxygen atoms in total. The third-order valence-electron chi connectivity index (χ3n) is 2.61. The Balaban J connectivity index is 2.52. The smallest absolute Gasteiger partial charge is 0.293 e. The van der Waals surface area contributed by atoms with Gasteiger partial charge in [-0.3, -0.25) is 25.2 Å². The lowest BCUT2D eigenvalue weighted by Gasteiger charge is -2.14. The first kappa shape index (κ1) is 18.4. The largest absolute Gasteiger partial charge is 0.322 e. The molecule has 1 aromatic carbocycles. The molecule has 1 rings (SSSR count). The van der Waals surface area contributed by atoms with E-state index < -0.39 is 40.9 Å². The van der Waals surface area contributed by atoms with Crippen LogP contribution in [0, 0.1) is 17.5 Å². The van der Waals surface area contributed by atoms with Crippen LogP contribution in [0.5, 0.6) is 0 Å². The van der Waals surface area contributed by atoms with E-state index in [2.05, 4.69) is 16.2 Å². The molecule has 0 aromatic heterocycles. The number of quaternary nitrogens is 1. The van der Waals surface area contributed by atoms with Gasteiger partial charge in [-0.05, 0) is 12.1 Å². The van der Waals surface area contributed by atoms with Crippen LogP contribution < -0.4 is 21.1 Å². The Morgan fingerprint density at radius 3 is 2.22 bits per heavy atom. The Bertz CT molecular complexity index is 625. The van der Waals surface area contributed by atoms with Gasteiger partial charge in [0.05, 0.1) is 12.7 Å². The van der Waals surface area contributed by atoms with Crippen molar-refractivity contribution in [1.82, 2.24) is 10.9 Å². The number of benzene rings is 1. The van der Waals surface area contributed by atoms with Crippen LogP contribution in [0.25, 0.3) is 0 Å². The quantitative estimate of drug-likeness (QED) is 0.400. The second kappa shape index (κ2) is 8.13. The van der Waals surface area contributed by atoms with Crippen molar-refractivity contribution in [2.45, 2.75) is 6.92 Å². The number of anilines is 1. The van der Waals surface area contributed by atoms with Gasteiger partial charge in [-0.1, -0.05) is 0 Å². The maximum absolute atomic E-state index is 13.4. The monoisotopic (exact) mass is 333 g/mol. The fourth-order valence-electron chi connectivity index (χ4n) is 1.63. The molecular weight excluding hydrogens is 317 g/mol. The molecular formula is C13H16F3N4O3+. The fourth-order valence-corrected chi connectivity index (χ4v) is 1.63. The van der Waals surface area contributed by atoms with Crippen molar-refractivity contribution in [2.75, 3.05) is 25.5 Å². The van der Waals surface area contributed by atoms with Crippen LogP contribution in [0.2, 0.25) is 0 Å². The van der Waals surface area contributed by atoms with Gasteiger partial charge < -0.3 is 10.2 Å². The van der Waals surface area contributed by atoms with Crippen LogP contribution in [0.15, 0.2) is 12.1 Å². The number of hydrazine groups is 1. The maximum atomic E-state index is 13.4. The van der Waals surface area contributed by atoms with E-state index in [-0.39, 0.29) is 13.1 Å². The summed E-state index contributed by atoms with van der Waals surface area (Å²) >= 11 is 0. The molecule has 10 heteroatoms. The van der Waals surface area contributed by atoms with E-state index in [1.807, 2.05) is 0 Å². The molecule has 0 spiro atoms. The van der Waals surface area contributed by atoms with Gasteiger partial charge >= 0.3 is 0 Å². The molecule has 0 radical (unpaired) electrons. The van der Waals surface area contributed by atoms with Crippen LogP contribution in [-0.4, -0.2) is 37.9 Å². The van der Waals surface area contributed by atoms with Crippen LogP contribution in [0.4, 0.5) is 18.9 Å². The Hall–Kier alpha value is -2.62. The Morgan fingerprint density at radius 2 is 1.61 bits per heavy atom. The summed E-state index contributed by atoms with van der Waals surface area (Å²) in [5.41, 5.74) is 3.70. The topological polar surface area (TPSA) is 91.7 Å². The summed E-state index contributed by atoms with van der Waals surface area (Å²) in [5, 5.41) is 2.09. The normalized spacial score (nSPS) is 11.5. The second-order valence-corrected chi connectivity index (χ2v) is 4.81. The van der Waals surface area contributed by atoms with E-state index in [1.54, 1.807) is 0 Å². The molecule has 0 heterocycles. The molecule has 3 amide bonds. The van der Waals surface area contributed by atoms with Crippen molar-refractivity contribution in [2.24, 2.45) is 0 Å². The van der Waals surface area contributed by atoms with E-state index in [0.717, 1.165) is 6.07 Å². The average Bonchev–Trinajstić information content (AvgIpc) is 2.45. The van der Waals surface area contributed by atoms with Crippen LogP contribution in [0.1, 0.15) is 6.92 Å². The average molecular weight is 333 g/mol. The lowest BCUT2D eigenvalue weighted by atomic mass is 10.2. The zero-order valence-electron chi connectivity index (χ0n) is 12.4. The Kier molecular flexibility index (Phi) is 6.51. The van der Waals surface area contributed by atoms with Gasteiger partial charge in [0.15, 0.2) is 30.5 Å². The van der Waals surface area contributed by atoms with Gasteiger partial charge in [-0.25, -0.2) is 13.2 Å². The summed E-state index contributed by atoms with van der Waals surface area (Å²) in [4.78, 5) is 34.1. The van der Waals surface area contributed by atoms with E-state index >= 15 is 0 Å². The van der Waals surface area contributed by atoms with Gasteiger partial charge in [0.1, 0.15) is 0 Å². The summed E-state index contributed by atoms with van der Waals surface area (Å²) < 4.78 is 39.2. The molecule has 0 aliphatic carbocycles. The van der Waals surface area contributed by atoms with Crippen LogP contribution in [0.3, 0.4) is 0 Å². The standard InChI is InChI=1S/C13H15F3N4O3/c1-7(21)18-19-11(23)6-20(2)5-10(22)17-9-4-3-8(14)12(15)13(9)16/h3-4H,5-6H2,1-2H3,(H,17,22)(H,18,21)(H,19,23)/p+1. The first-order valence-corrected chi connectivity index (χ1v) is 6.50. The predicted molar refractivity (Wildman–Crippen MR) is 73.5 cm³/mol. The number of nitrogens with one attached hydrogen (secondary N) is 4. The highest BCUT2D eigenvalue weighted by atomic mass is 19.2. The fraction of sp³-hybridized carbons (Fsp3) is 0.308. The first-order chi connectivity index (χ1) is 10.7. The highest BCUT2D eigenvalue weighted by molar-refractivity contribution is 5.91. The van der Waals surface area contributed by atoms with Gasteiger partial charge in [-0.15, -0.1) is 0 Å². The highest BCUT2D eigenvalue weighted by Crippen LogP contribution is 2.19. The lowest BCUT2D eigenvalue weighted by Crippen LogP contribution is -3.11. The SMILES string of the molecule is CC(=O)NNC(=O)C[NH+](C)CC(=O)Nc1ccc(F)c(F)c1F. The van der Waals surface area contributed by atoms with Crippen molar-refractivity contribution >= 4 is 23.4 Å². The predicted octanol–water partition coefficient (Wildman–Crippen LogP) is -1.28. The number of carbonyl (C=O) groups excluding carboxylic acids is 3. The third-order valence-corrected chi connectivity index (χ3v) is 2.61. The second-order valence-electron chi connectivity index (χ2n) is 4.81. The number of amides is 3. The van der Waals surface area contributed by atoms with E-state index in [4.69, 9.17) is 0 Å². The van der Waals surface area contributed by atoms with E-state index in [0.29, 0.717) is 11.0 Å². The summed E-state index contributed by atoms with van der Waals surface area (Å²) in [6, 6.07) is 1.58. The van der Waals surface area contributed by atoms with Gasteiger partial charge in [0, 0.05) is 6.92 Å². The number of halogens is 3. The minimum Gasteiger partial charge on any atom is -0.322 e. The molecule has 0 bridgehead atoms. The number of hydrogen-bond donors (Lipinski definition) is 4. The molecule has 4 N–H and O–H groups in total. The van der Waals surface area contributed by atoms with Crippen LogP contribution in [-0.2, 0) is 14.4 Å². The minimum absolute atomic E-state index is 0.145. The third kappa shape index (κ3) is 5.94. The van der Waals surface area contributed by atoms with Gasteiger partial charge in [-0.2, -0.15) is 0 Å². The lowest BCUT2D eigenvalue weighted by molar-refractivity contribution is -0.862. The zero-order chi connectivity index (χ0) is 17.6. The molecule has 126 valence electrons. The maximum Gasteiger partial charge on any atom is 0.293 e. The number of likely N-dealkylation sites (N-methyl/N-ethyl adjacent to an activating group) is 1. The molecule has 1 unspecified atom stereocenters. The highest BCUT2D eigenvalue weighted by Gasteiger charge is 2.18. The van der Waals surface area contributed by atoms with Crippen molar-refractivity contribution in [1.29, 1.82) is 0 Å². The van der Waals surface area contributed by atoms with E-state index in [1.165, 1.54) is 14.0 Å². The van der Waals surface area contributed by atoms with Gasteiger partial charge in [0.25, 0.3) is 11.8 Å². The zero-order valence-corrected chi connectivity index (χ0v) is 12.4. The molecule has 0 aliphatic rings. The van der Waals surface area contributed by atoms with E-state index in [9.17, 15) is 27.6 Å². The number of rotatable bonds is 5. The molecule has 1 atom stereocenters. The van der Waals surface area contributed by atoms with Crippen LogP contribution >= 0.6 is 0 Å². The van der Waals surface area contributed by atoms with Gasteiger partial charge in [0.2, 0.25) is 5.91 Å². The summed E-state index contributed by atoms with van der Waals surface area (Å²) in [7, 11) is 1.51. The number of carbonyl (C=O) groups is 3. The van der Waals surface area contributed by atoms with Crippen molar-refractivity contribution in [3.63, 3.8) is 0 Å².